The number of anilines is 1. The molecule has 0 bridgehead atoms. The average molecular weight is 324 g/mol. The minimum Gasteiger partial charge on any atom is -0.354 e. The molecule has 23 heavy (non-hydrogen) atoms. The molecule has 1 aliphatic heterocycles. The lowest BCUT2D eigenvalue weighted by Gasteiger charge is -2.44. The molecule has 1 saturated heterocycles. The quantitative estimate of drug-likeness (QED) is 0.908. The Labute approximate surface area is 133 Å². The van der Waals surface area contributed by atoms with E-state index in [4.69, 9.17) is 0 Å². The largest absolute Gasteiger partial charge is 0.354 e. The van der Waals surface area contributed by atoms with Gasteiger partial charge in [0.05, 0.1) is 18.1 Å². The van der Waals surface area contributed by atoms with E-state index in [-0.39, 0.29) is 18.6 Å². The molecule has 126 valence electrons. The summed E-state index contributed by atoms with van der Waals surface area (Å²) in [5.74, 6) is -3.10. The van der Waals surface area contributed by atoms with Crippen molar-refractivity contribution in [3.63, 3.8) is 0 Å². The molecule has 1 aliphatic rings. The Kier molecular flexibility index (Phi) is 3.95. The maximum Gasteiger partial charge on any atom is 0.265 e. The van der Waals surface area contributed by atoms with E-state index in [0.717, 1.165) is 5.39 Å². The average Bonchev–Trinajstić information content (AvgIpc) is 2.91. The number of rotatable bonds is 3. The van der Waals surface area contributed by atoms with E-state index in [0.29, 0.717) is 24.6 Å². The molecule has 0 saturated carbocycles. The molecule has 1 fully saturated rings. The van der Waals surface area contributed by atoms with Crippen LogP contribution in [0.2, 0.25) is 0 Å². The van der Waals surface area contributed by atoms with Crippen molar-refractivity contribution in [1.82, 2.24) is 25.1 Å². The molecule has 0 radical (unpaired) electrons. The van der Waals surface area contributed by atoms with Crippen LogP contribution in [-0.2, 0) is 0 Å². The molecular weight excluding hydrogens is 302 g/mol. The molecular formula is C15H22F2N6. The summed E-state index contributed by atoms with van der Waals surface area (Å²) >= 11 is 0. The first-order valence-corrected chi connectivity index (χ1v) is 7.78. The molecule has 2 aromatic heterocycles. The van der Waals surface area contributed by atoms with Gasteiger partial charge >= 0.3 is 0 Å². The second-order valence-electron chi connectivity index (χ2n) is 7.09. The van der Waals surface area contributed by atoms with Crippen LogP contribution in [0.25, 0.3) is 11.0 Å². The Morgan fingerprint density at radius 1 is 1.39 bits per heavy atom. The Hall–Kier alpha value is -1.83. The predicted octanol–water partition coefficient (Wildman–Crippen LogP) is 2.52. The van der Waals surface area contributed by atoms with Gasteiger partial charge in [0.1, 0.15) is 0 Å². The van der Waals surface area contributed by atoms with Crippen LogP contribution in [0.3, 0.4) is 0 Å². The zero-order valence-corrected chi connectivity index (χ0v) is 13.6. The van der Waals surface area contributed by atoms with Crippen molar-refractivity contribution < 1.29 is 8.78 Å². The topological polar surface area (TPSA) is 69.7 Å². The second-order valence-corrected chi connectivity index (χ2v) is 7.09. The van der Waals surface area contributed by atoms with E-state index in [9.17, 15) is 8.78 Å². The first-order chi connectivity index (χ1) is 10.8. The third-order valence-electron chi connectivity index (χ3n) is 4.39. The maximum absolute atomic E-state index is 14.4. The van der Waals surface area contributed by atoms with Gasteiger partial charge in [0.15, 0.2) is 5.65 Å². The highest BCUT2D eigenvalue weighted by Gasteiger charge is 2.46. The van der Waals surface area contributed by atoms with Crippen LogP contribution in [0.15, 0.2) is 12.4 Å². The fourth-order valence-corrected chi connectivity index (χ4v) is 2.85. The van der Waals surface area contributed by atoms with Gasteiger partial charge in [0, 0.05) is 24.2 Å². The number of halogens is 2. The van der Waals surface area contributed by atoms with Crippen LogP contribution in [0.4, 0.5) is 14.7 Å². The molecule has 0 aliphatic carbocycles. The first-order valence-electron chi connectivity index (χ1n) is 7.78. The zero-order valence-electron chi connectivity index (χ0n) is 13.6. The lowest BCUT2D eigenvalue weighted by molar-refractivity contribution is -0.124. The van der Waals surface area contributed by atoms with Crippen LogP contribution >= 0.6 is 0 Å². The highest BCUT2D eigenvalue weighted by molar-refractivity contribution is 5.73. The summed E-state index contributed by atoms with van der Waals surface area (Å²) in [6, 6.07) is 0. The van der Waals surface area contributed by atoms with Crippen molar-refractivity contribution >= 4 is 17.0 Å². The van der Waals surface area contributed by atoms with E-state index in [2.05, 4.69) is 25.5 Å². The van der Waals surface area contributed by atoms with Crippen molar-refractivity contribution in [3.05, 3.63) is 12.4 Å². The lowest BCUT2D eigenvalue weighted by Crippen LogP contribution is -2.56. The Balaban J connectivity index is 1.63. The fraction of sp³-hybridized carbons (Fsp3) is 0.667. The predicted molar refractivity (Wildman–Crippen MR) is 84.6 cm³/mol. The van der Waals surface area contributed by atoms with Crippen molar-refractivity contribution in [2.24, 2.45) is 5.92 Å². The third kappa shape index (κ3) is 3.41. The normalized spacial score (nSPS) is 22.4. The van der Waals surface area contributed by atoms with Crippen LogP contribution in [-0.4, -0.2) is 56.2 Å². The number of fused-ring (bicyclic) bond motifs is 1. The summed E-state index contributed by atoms with van der Waals surface area (Å²) in [6.45, 7) is 6.53. The summed E-state index contributed by atoms with van der Waals surface area (Å²) in [5.41, 5.74) is 0.355. The van der Waals surface area contributed by atoms with Crippen LogP contribution in [0.1, 0.15) is 27.2 Å². The van der Waals surface area contributed by atoms with Crippen molar-refractivity contribution in [2.75, 3.05) is 25.0 Å². The number of piperidine rings is 1. The van der Waals surface area contributed by atoms with Gasteiger partial charge in [-0.15, -0.1) is 0 Å². The minimum absolute atomic E-state index is 0.157. The molecule has 8 heteroatoms. The van der Waals surface area contributed by atoms with Gasteiger partial charge in [-0.2, -0.15) is 10.1 Å². The van der Waals surface area contributed by atoms with E-state index in [1.165, 1.54) is 0 Å². The fourth-order valence-electron chi connectivity index (χ4n) is 2.85. The molecule has 0 amide bonds. The number of hydrogen-bond donors (Lipinski definition) is 2. The minimum atomic E-state index is -2.73. The summed E-state index contributed by atoms with van der Waals surface area (Å²) < 4.78 is 28.8. The molecule has 3 heterocycles. The number of H-pyrrole nitrogens is 1. The monoisotopic (exact) mass is 324 g/mol. The highest BCUT2D eigenvalue weighted by atomic mass is 19.3. The Morgan fingerprint density at radius 3 is 2.87 bits per heavy atom. The van der Waals surface area contributed by atoms with Crippen LogP contribution in [0.5, 0.6) is 0 Å². The van der Waals surface area contributed by atoms with E-state index >= 15 is 0 Å². The summed E-state index contributed by atoms with van der Waals surface area (Å²) in [5, 5.41) is 10.3. The van der Waals surface area contributed by atoms with Gasteiger partial charge in [-0.3, -0.25) is 10.00 Å². The highest BCUT2D eigenvalue weighted by Crippen LogP contribution is 2.35. The molecule has 3 rings (SSSR count). The molecule has 1 atom stereocenters. The van der Waals surface area contributed by atoms with Gasteiger partial charge < -0.3 is 5.32 Å². The molecule has 6 nitrogen and oxygen atoms in total. The Morgan fingerprint density at radius 2 is 2.17 bits per heavy atom. The SMILES string of the molecule is CC(C)(C)N1CC[C@H](CNc2ncc3cn[nH]c3n2)C(F)(F)C1. The summed E-state index contributed by atoms with van der Waals surface area (Å²) in [7, 11) is 0. The van der Waals surface area contributed by atoms with Crippen LogP contribution in [0, 0.1) is 5.92 Å². The smallest absolute Gasteiger partial charge is 0.265 e. The van der Waals surface area contributed by atoms with Crippen LogP contribution < -0.4 is 5.32 Å². The van der Waals surface area contributed by atoms with Crippen molar-refractivity contribution in [1.29, 1.82) is 0 Å². The lowest BCUT2D eigenvalue weighted by atomic mass is 9.89. The number of nitrogens with one attached hydrogen (secondary N) is 2. The molecule has 0 spiro atoms. The van der Waals surface area contributed by atoms with E-state index < -0.39 is 11.8 Å². The van der Waals surface area contributed by atoms with Gasteiger partial charge in [0.2, 0.25) is 5.95 Å². The molecule has 0 unspecified atom stereocenters. The van der Waals surface area contributed by atoms with Gasteiger partial charge in [0.25, 0.3) is 5.92 Å². The summed E-state index contributed by atoms with van der Waals surface area (Å²) in [6.07, 6.45) is 3.69. The maximum atomic E-state index is 14.4. The van der Waals surface area contributed by atoms with Crippen molar-refractivity contribution in [2.45, 2.75) is 38.7 Å². The number of hydrogen-bond acceptors (Lipinski definition) is 5. The van der Waals surface area contributed by atoms with E-state index in [1.807, 2.05) is 25.7 Å². The van der Waals surface area contributed by atoms with Gasteiger partial charge in [-0.05, 0) is 33.7 Å². The third-order valence-corrected chi connectivity index (χ3v) is 4.39. The number of alkyl halides is 2. The van der Waals surface area contributed by atoms with Gasteiger partial charge in [-0.25, -0.2) is 13.8 Å². The number of likely N-dealkylation sites (tertiary alicyclic amines) is 1. The zero-order chi connectivity index (χ0) is 16.7. The molecule has 2 aromatic rings. The van der Waals surface area contributed by atoms with Gasteiger partial charge in [-0.1, -0.05) is 0 Å². The molecule has 2 N–H and O–H groups in total. The molecule has 0 aromatic carbocycles. The number of nitrogens with zero attached hydrogens (tertiary/aromatic N) is 4. The standard InChI is InChI=1S/C15H22F2N6/c1-14(2,3)23-5-4-11(15(16,17)9-23)8-19-13-18-6-10-7-20-22-12(10)21-13/h6-7,11H,4-5,8-9H2,1-3H3,(H2,18,19,20,21,22)/t11-/m1/s1. The number of aromatic amines is 1. The summed E-state index contributed by atoms with van der Waals surface area (Å²) in [4.78, 5) is 10.2. The van der Waals surface area contributed by atoms with E-state index in [1.54, 1.807) is 12.4 Å². The number of aromatic nitrogens is 4. The first kappa shape index (κ1) is 16.0. The van der Waals surface area contributed by atoms with Crippen molar-refractivity contribution in [3.8, 4) is 0 Å². The Bertz CT molecular complexity index is 678. The second kappa shape index (κ2) is 5.67.